The van der Waals surface area contributed by atoms with Gasteiger partial charge in [0.15, 0.2) is 5.65 Å². The summed E-state index contributed by atoms with van der Waals surface area (Å²) < 4.78 is 2.04. The molecule has 0 fully saturated rings. The molecule has 4 rings (SSSR count). The van der Waals surface area contributed by atoms with Gasteiger partial charge in [0, 0.05) is 23.6 Å². The van der Waals surface area contributed by atoms with E-state index in [1.807, 2.05) is 17.1 Å². The van der Waals surface area contributed by atoms with Crippen LogP contribution in [-0.2, 0) is 6.54 Å². The Labute approximate surface area is 127 Å². The van der Waals surface area contributed by atoms with Crippen molar-refractivity contribution in [1.29, 1.82) is 0 Å². The molecule has 22 heavy (non-hydrogen) atoms. The first-order chi connectivity index (χ1) is 10.8. The molecule has 3 heterocycles. The maximum atomic E-state index is 4.33. The van der Waals surface area contributed by atoms with Crippen molar-refractivity contribution in [1.82, 2.24) is 24.5 Å². The third-order valence-corrected chi connectivity index (χ3v) is 3.75. The van der Waals surface area contributed by atoms with Gasteiger partial charge in [-0.2, -0.15) is 0 Å². The van der Waals surface area contributed by atoms with Crippen molar-refractivity contribution in [2.75, 3.05) is 11.9 Å². The lowest BCUT2D eigenvalue weighted by Gasteiger charge is -2.06. The van der Waals surface area contributed by atoms with Crippen LogP contribution < -0.4 is 5.32 Å². The van der Waals surface area contributed by atoms with Gasteiger partial charge in [-0.05, 0) is 24.6 Å². The summed E-state index contributed by atoms with van der Waals surface area (Å²) >= 11 is 0. The van der Waals surface area contributed by atoms with Crippen LogP contribution in [0.1, 0.15) is 12.5 Å². The van der Waals surface area contributed by atoms with Crippen LogP contribution in [-0.4, -0.2) is 31.0 Å². The number of fused-ring (bicyclic) bond motifs is 2. The lowest BCUT2D eigenvalue weighted by molar-refractivity contribution is 0.814. The van der Waals surface area contributed by atoms with Crippen LogP contribution in [0.25, 0.3) is 22.1 Å². The van der Waals surface area contributed by atoms with Crippen LogP contribution >= 0.6 is 0 Å². The first-order valence-corrected chi connectivity index (χ1v) is 7.30. The van der Waals surface area contributed by atoms with E-state index in [1.165, 1.54) is 10.9 Å². The van der Waals surface area contributed by atoms with Crippen LogP contribution in [0, 0.1) is 0 Å². The first-order valence-electron chi connectivity index (χ1n) is 7.30. The molecule has 0 spiro atoms. The summed E-state index contributed by atoms with van der Waals surface area (Å²) in [6, 6.07) is 6.44. The molecule has 110 valence electrons. The van der Waals surface area contributed by atoms with Gasteiger partial charge in [-0.15, -0.1) is 0 Å². The van der Waals surface area contributed by atoms with Gasteiger partial charge in [-0.25, -0.2) is 15.0 Å². The molecule has 0 radical (unpaired) electrons. The van der Waals surface area contributed by atoms with Crippen molar-refractivity contribution in [3.63, 3.8) is 0 Å². The number of nitrogens with zero attached hydrogens (tertiary/aromatic N) is 4. The third kappa shape index (κ3) is 2.09. The van der Waals surface area contributed by atoms with Crippen molar-refractivity contribution in [2.45, 2.75) is 13.5 Å². The van der Waals surface area contributed by atoms with Crippen molar-refractivity contribution in [3.8, 4) is 0 Å². The van der Waals surface area contributed by atoms with Gasteiger partial charge in [-0.1, -0.05) is 6.07 Å². The van der Waals surface area contributed by atoms with Crippen LogP contribution in [0.2, 0.25) is 0 Å². The zero-order valence-corrected chi connectivity index (χ0v) is 12.2. The Hall–Kier alpha value is -2.89. The summed E-state index contributed by atoms with van der Waals surface area (Å²) in [5.41, 5.74) is 5.16. The molecule has 3 aromatic heterocycles. The second-order valence-corrected chi connectivity index (χ2v) is 5.22. The van der Waals surface area contributed by atoms with E-state index in [9.17, 15) is 0 Å². The lowest BCUT2D eigenvalue weighted by atomic mass is 10.1. The molecule has 0 atom stereocenters. The number of hydrogen-bond acceptors (Lipinski definition) is 4. The summed E-state index contributed by atoms with van der Waals surface area (Å²) in [6.45, 7) is 3.74. The van der Waals surface area contributed by atoms with Crippen LogP contribution in [0.15, 0.2) is 43.2 Å². The SMILES string of the molecule is CCNc1c[nH]c2ccc(Cn3cnc4cncnc43)cc12. The fourth-order valence-electron chi connectivity index (χ4n) is 2.73. The summed E-state index contributed by atoms with van der Waals surface area (Å²) in [5.74, 6) is 0. The van der Waals surface area contributed by atoms with E-state index < -0.39 is 0 Å². The summed E-state index contributed by atoms with van der Waals surface area (Å²) in [5, 5.41) is 4.58. The number of nitrogens with one attached hydrogen (secondary N) is 2. The van der Waals surface area contributed by atoms with Gasteiger partial charge in [0.2, 0.25) is 0 Å². The van der Waals surface area contributed by atoms with E-state index in [1.54, 1.807) is 12.5 Å². The average Bonchev–Trinajstić information content (AvgIpc) is 3.13. The fourth-order valence-corrected chi connectivity index (χ4v) is 2.73. The highest BCUT2D eigenvalue weighted by molar-refractivity contribution is 5.92. The minimum atomic E-state index is 0.736. The van der Waals surface area contributed by atoms with Crippen LogP contribution in [0.5, 0.6) is 0 Å². The number of benzene rings is 1. The monoisotopic (exact) mass is 292 g/mol. The average molecular weight is 292 g/mol. The normalized spacial score (nSPS) is 11.3. The van der Waals surface area contributed by atoms with Crippen molar-refractivity contribution < 1.29 is 0 Å². The van der Waals surface area contributed by atoms with E-state index in [-0.39, 0.29) is 0 Å². The predicted molar refractivity (Wildman–Crippen MR) is 86.9 cm³/mol. The molecule has 6 heteroatoms. The van der Waals surface area contributed by atoms with Gasteiger partial charge >= 0.3 is 0 Å². The van der Waals surface area contributed by atoms with Crippen molar-refractivity contribution >= 4 is 27.8 Å². The smallest absolute Gasteiger partial charge is 0.163 e. The molecule has 0 aliphatic rings. The number of rotatable bonds is 4. The van der Waals surface area contributed by atoms with Crippen molar-refractivity contribution in [2.24, 2.45) is 0 Å². The molecule has 0 aliphatic carbocycles. The molecule has 6 nitrogen and oxygen atoms in total. The molecule has 0 amide bonds. The Morgan fingerprint density at radius 1 is 1.27 bits per heavy atom. The quantitative estimate of drug-likeness (QED) is 0.606. The van der Waals surface area contributed by atoms with E-state index in [0.29, 0.717) is 0 Å². The van der Waals surface area contributed by atoms with E-state index in [2.05, 4.69) is 50.4 Å². The third-order valence-electron chi connectivity index (χ3n) is 3.75. The van der Waals surface area contributed by atoms with E-state index >= 15 is 0 Å². The Balaban J connectivity index is 1.73. The Kier molecular flexibility index (Phi) is 3.00. The van der Waals surface area contributed by atoms with E-state index in [0.717, 1.165) is 35.5 Å². The fraction of sp³-hybridized carbons (Fsp3) is 0.188. The van der Waals surface area contributed by atoms with Gasteiger partial charge in [0.1, 0.15) is 11.8 Å². The van der Waals surface area contributed by atoms with Crippen molar-refractivity contribution in [3.05, 3.63) is 48.8 Å². The highest BCUT2D eigenvalue weighted by atomic mass is 15.1. The highest BCUT2D eigenvalue weighted by Crippen LogP contribution is 2.24. The van der Waals surface area contributed by atoms with Gasteiger partial charge in [0.05, 0.1) is 24.8 Å². The number of aromatic nitrogens is 5. The minimum Gasteiger partial charge on any atom is -0.384 e. The van der Waals surface area contributed by atoms with Gasteiger partial charge in [0.25, 0.3) is 0 Å². The molecule has 4 aromatic rings. The Morgan fingerprint density at radius 2 is 2.23 bits per heavy atom. The highest BCUT2D eigenvalue weighted by Gasteiger charge is 2.07. The lowest BCUT2D eigenvalue weighted by Crippen LogP contribution is -1.99. The minimum absolute atomic E-state index is 0.736. The molecule has 1 aromatic carbocycles. The summed E-state index contributed by atoms with van der Waals surface area (Å²) in [6.07, 6.45) is 7.11. The number of imidazole rings is 1. The zero-order valence-electron chi connectivity index (χ0n) is 12.2. The molecule has 2 N–H and O–H groups in total. The van der Waals surface area contributed by atoms with Gasteiger partial charge in [-0.3, -0.25) is 0 Å². The summed E-state index contributed by atoms with van der Waals surface area (Å²) in [7, 11) is 0. The zero-order chi connectivity index (χ0) is 14.9. The largest absolute Gasteiger partial charge is 0.384 e. The number of H-pyrrole nitrogens is 1. The van der Waals surface area contributed by atoms with Crippen LogP contribution in [0.3, 0.4) is 0 Å². The molecular formula is C16H16N6. The maximum absolute atomic E-state index is 4.33. The number of aromatic amines is 1. The topological polar surface area (TPSA) is 71.4 Å². The van der Waals surface area contributed by atoms with E-state index in [4.69, 9.17) is 0 Å². The molecule has 0 saturated heterocycles. The summed E-state index contributed by atoms with van der Waals surface area (Å²) in [4.78, 5) is 15.9. The molecule has 0 unspecified atom stereocenters. The Morgan fingerprint density at radius 3 is 3.14 bits per heavy atom. The number of hydrogen-bond donors (Lipinski definition) is 2. The Bertz CT molecular complexity index is 936. The first kappa shape index (κ1) is 12.8. The predicted octanol–water partition coefficient (Wildman–Crippen LogP) is 2.79. The van der Waals surface area contributed by atoms with Crippen LogP contribution in [0.4, 0.5) is 5.69 Å². The maximum Gasteiger partial charge on any atom is 0.163 e. The van der Waals surface area contributed by atoms with Gasteiger partial charge < -0.3 is 14.9 Å². The molecule has 0 aliphatic heterocycles. The number of anilines is 1. The second kappa shape index (κ2) is 5.14. The molecule has 0 saturated carbocycles. The standard InChI is InChI=1S/C16H16N6/c1-2-18-14-7-19-13-4-3-11(5-12(13)14)8-22-10-21-15-6-17-9-20-16(15)22/h3-7,9-10,18-19H,2,8H2,1H3. The molecule has 0 bridgehead atoms. The molecular weight excluding hydrogens is 276 g/mol. The second-order valence-electron chi connectivity index (χ2n) is 5.22.